The second-order valence-corrected chi connectivity index (χ2v) is 6.92. The first kappa shape index (κ1) is 22.7. The minimum absolute atomic E-state index is 0.0547. The Morgan fingerprint density at radius 3 is 1.94 bits per heavy atom. The maximum absolute atomic E-state index is 12.2. The van der Waals surface area contributed by atoms with Crippen molar-refractivity contribution in [1.29, 1.82) is 0 Å². The van der Waals surface area contributed by atoms with Crippen molar-refractivity contribution in [2.45, 2.75) is 13.3 Å². The van der Waals surface area contributed by atoms with Crippen LogP contribution in [0.2, 0.25) is 0 Å². The van der Waals surface area contributed by atoms with E-state index < -0.39 is 0 Å². The number of amides is 2. The lowest BCUT2D eigenvalue weighted by Gasteiger charge is -2.11. The molecule has 0 radical (unpaired) electrons. The number of para-hydroxylation sites is 1. The van der Waals surface area contributed by atoms with Crippen LogP contribution in [0.25, 0.3) is 0 Å². The Hall–Kier alpha value is -4.00. The zero-order valence-electron chi connectivity index (χ0n) is 18.0. The molecule has 166 valence electrons. The van der Waals surface area contributed by atoms with E-state index in [1.807, 2.05) is 54.6 Å². The summed E-state index contributed by atoms with van der Waals surface area (Å²) in [5.41, 5.74) is 2.13. The highest BCUT2D eigenvalue weighted by atomic mass is 16.5. The number of rotatable bonds is 11. The van der Waals surface area contributed by atoms with Crippen molar-refractivity contribution in [2.24, 2.45) is 0 Å². The molecule has 32 heavy (non-hydrogen) atoms. The third kappa shape index (κ3) is 7.68. The van der Waals surface area contributed by atoms with E-state index in [-0.39, 0.29) is 18.4 Å². The van der Waals surface area contributed by atoms with Gasteiger partial charge in [0.15, 0.2) is 0 Å². The SMILES string of the molecule is CCC(=O)Nc1ccc(NC(=O)CNc2cccc(OCCOc3ccccc3)c2)cc1. The third-order valence-electron chi connectivity index (χ3n) is 4.42. The second-order valence-electron chi connectivity index (χ2n) is 6.92. The number of nitrogens with one attached hydrogen (secondary N) is 3. The van der Waals surface area contributed by atoms with Crippen molar-refractivity contribution in [3.8, 4) is 11.5 Å². The van der Waals surface area contributed by atoms with Crippen LogP contribution in [0.15, 0.2) is 78.9 Å². The van der Waals surface area contributed by atoms with E-state index in [0.29, 0.717) is 36.8 Å². The summed E-state index contributed by atoms with van der Waals surface area (Å²) in [6.07, 6.45) is 0.415. The molecule has 3 rings (SSSR count). The standard InChI is InChI=1S/C25H27N3O4/c1-2-24(29)27-19-11-13-20(14-12-19)28-25(30)18-26-21-7-6-10-23(17-21)32-16-15-31-22-8-4-3-5-9-22/h3-14,17,26H,2,15-16,18H2,1H3,(H,27,29)(H,28,30). The summed E-state index contributed by atoms with van der Waals surface area (Å²) in [6, 6.07) is 24.0. The Bertz CT molecular complexity index is 1010. The van der Waals surface area contributed by atoms with Gasteiger partial charge in [-0.15, -0.1) is 0 Å². The van der Waals surface area contributed by atoms with E-state index in [9.17, 15) is 9.59 Å². The molecular formula is C25H27N3O4. The molecule has 7 nitrogen and oxygen atoms in total. The van der Waals surface area contributed by atoms with Crippen LogP contribution in [-0.4, -0.2) is 31.6 Å². The molecule has 0 bridgehead atoms. The predicted molar refractivity (Wildman–Crippen MR) is 126 cm³/mol. The van der Waals surface area contributed by atoms with Crippen molar-refractivity contribution < 1.29 is 19.1 Å². The largest absolute Gasteiger partial charge is 0.490 e. The lowest BCUT2D eigenvalue weighted by Crippen LogP contribution is -2.21. The lowest BCUT2D eigenvalue weighted by molar-refractivity contribution is -0.116. The molecule has 0 fully saturated rings. The fourth-order valence-electron chi connectivity index (χ4n) is 2.81. The molecule has 0 heterocycles. The molecule has 0 atom stereocenters. The summed E-state index contributed by atoms with van der Waals surface area (Å²) in [7, 11) is 0. The topological polar surface area (TPSA) is 88.7 Å². The molecule has 0 aliphatic carbocycles. The van der Waals surface area contributed by atoms with Crippen LogP contribution in [0.1, 0.15) is 13.3 Å². The van der Waals surface area contributed by atoms with Gasteiger partial charge in [-0.05, 0) is 48.5 Å². The molecule has 2 amide bonds. The fraction of sp³-hybridized carbons (Fsp3) is 0.200. The van der Waals surface area contributed by atoms with Gasteiger partial charge in [0.05, 0.1) is 6.54 Å². The molecular weight excluding hydrogens is 406 g/mol. The van der Waals surface area contributed by atoms with Crippen LogP contribution >= 0.6 is 0 Å². The van der Waals surface area contributed by atoms with Crippen LogP contribution in [0.4, 0.5) is 17.1 Å². The first-order valence-electron chi connectivity index (χ1n) is 10.5. The van der Waals surface area contributed by atoms with Crippen molar-refractivity contribution in [3.63, 3.8) is 0 Å². The van der Waals surface area contributed by atoms with Crippen LogP contribution in [0.5, 0.6) is 11.5 Å². The Morgan fingerprint density at radius 1 is 0.688 bits per heavy atom. The second kappa shape index (κ2) is 12.0. The zero-order valence-corrected chi connectivity index (χ0v) is 18.0. The quantitative estimate of drug-likeness (QED) is 0.386. The average molecular weight is 434 g/mol. The summed E-state index contributed by atoms with van der Waals surface area (Å²) < 4.78 is 11.3. The monoisotopic (exact) mass is 433 g/mol. The van der Waals surface area contributed by atoms with Gasteiger partial charge in [0.1, 0.15) is 24.7 Å². The number of benzene rings is 3. The van der Waals surface area contributed by atoms with E-state index in [1.54, 1.807) is 31.2 Å². The van der Waals surface area contributed by atoms with Gasteiger partial charge in [0, 0.05) is 29.5 Å². The average Bonchev–Trinajstić information content (AvgIpc) is 2.83. The van der Waals surface area contributed by atoms with Crippen LogP contribution in [0, 0.1) is 0 Å². The summed E-state index contributed by atoms with van der Waals surface area (Å²) >= 11 is 0. The van der Waals surface area contributed by atoms with Crippen molar-refractivity contribution in [1.82, 2.24) is 0 Å². The van der Waals surface area contributed by atoms with E-state index in [2.05, 4.69) is 16.0 Å². The minimum Gasteiger partial charge on any atom is -0.490 e. The molecule has 0 saturated carbocycles. The number of ether oxygens (including phenoxy) is 2. The summed E-state index contributed by atoms with van der Waals surface area (Å²) in [6.45, 7) is 2.74. The summed E-state index contributed by atoms with van der Waals surface area (Å²) in [5.74, 6) is 1.26. The first-order chi connectivity index (χ1) is 15.6. The van der Waals surface area contributed by atoms with Gasteiger partial charge in [-0.25, -0.2) is 0 Å². The maximum Gasteiger partial charge on any atom is 0.243 e. The predicted octanol–water partition coefficient (Wildman–Crippen LogP) is 4.54. The molecule has 7 heteroatoms. The number of hydrogen-bond donors (Lipinski definition) is 3. The van der Waals surface area contributed by atoms with Crippen LogP contribution < -0.4 is 25.4 Å². The van der Waals surface area contributed by atoms with Gasteiger partial charge in [-0.3, -0.25) is 9.59 Å². The van der Waals surface area contributed by atoms with E-state index in [1.165, 1.54) is 0 Å². The molecule has 0 aliphatic heterocycles. The van der Waals surface area contributed by atoms with E-state index in [0.717, 1.165) is 11.4 Å². The molecule has 3 aromatic rings. The van der Waals surface area contributed by atoms with Crippen molar-refractivity contribution >= 4 is 28.9 Å². The number of carbonyl (C=O) groups is 2. The van der Waals surface area contributed by atoms with Gasteiger partial charge in [0.2, 0.25) is 11.8 Å². The zero-order chi connectivity index (χ0) is 22.6. The Kier molecular flexibility index (Phi) is 8.50. The Labute approximate surface area is 187 Å². The fourth-order valence-corrected chi connectivity index (χ4v) is 2.81. The minimum atomic E-state index is -0.182. The van der Waals surface area contributed by atoms with Gasteiger partial charge < -0.3 is 25.4 Å². The number of hydrogen-bond acceptors (Lipinski definition) is 5. The molecule has 3 aromatic carbocycles. The Morgan fingerprint density at radius 2 is 1.28 bits per heavy atom. The first-order valence-corrected chi connectivity index (χ1v) is 10.5. The van der Waals surface area contributed by atoms with E-state index >= 15 is 0 Å². The van der Waals surface area contributed by atoms with Crippen molar-refractivity contribution in [2.75, 3.05) is 35.7 Å². The summed E-state index contributed by atoms with van der Waals surface area (Å²) in [5, 5.41) is 8.67. The molecule has 0 aromatic heterocycles. The van der Waals surface area contributed by atoms with Gasteiger partial charge in [-0.1, -0.05) is 31.2 Å². The third-order valence-corrected chi connectivity index (χ3v) is 4.42. The van der Waals surface area contributed by atoms with Gasteiger partial charge >= 0.3 is 0 Å². The van der Waals surface area contributed by atoms with Crippen molar-refractivity contribution in [3.05, 3.63) is 78.9 Å². The van der Waals surface area contributed by atoms with Gasteiger partial charge in [-0.2, -0.15) is 0 Å². The maximum atomic E-state index is 12.2. The van der Waals surface area contributed by atoms with Crippen LogP contribution in [-0.2, 0) is 9.59 Å². The summed E-state index contributed by atoms with van der Waals surface area (Å²) in [4.78, 5) is 23.7. The molecule has 0 spiro atoms. The highest BCUT2D eigenvalue weighted by molar-refractivity contribution is 5.94. The highest BCUT2D eigenvalue weighted by Crippen LogP contribution is 2.18. The normalized spacial score (nSPS) is 10.2. The number of anilines is 3. The molecule has 0 aliphatic rings. The van der Waals surface area contributed by atoms with Crippen LogP contribution in [0.3, 0.4) is 0 Å². The smallest absolute Gasteiger partial charge is 0.243 e. The van der Waals surface area contributed by atoms with E-state index in [4.69, 9.17) is 9.47 Å². The molecule has 0 unspecified atom stereocenters. The lowest BCUT2D eigenvalue weighted by atomic mass is 10.2. The Balaban J connectivity index is 1.40. The van der Waals surface area contributed by atoms with Gasteiger partial charge in [0.25, 0.3) is 0 Å². The molecule has 3 N–H and O–H groups in total. The number of carbonyl (C=O) groups excluding carboxylic acids is 2. The molecule has 0 saturated heterocycles. The highest BCUT2D eigenvalue weighted by Gasteiger charge is 2.05.